The zero-order chi connectivity index (χ0) is 17.8. The van der Waals surface area contributed by atoms with Crippen LogP contribution in [0.1, 0.15) is 82.6 Å². The molecule has 1 atom stereocenters. The lowest BCUT2D eigenvalue weighted by Crippen LogP contribution is -2.26. The second-order valence-electron chi connectivity index (χ2n) is 8.31. The third-order valence-electron chi connectivity index (χ3n) is 6.78. The molecule has 0 amide bonds. The average Bonchev–Trinajstić information content (AvgIpc) is 2.65. The maximum Gasteiger partial charge on any atom is 0.159 e. The van der Waals surface area contributed by atoms with Gasteiger partial charge >= 0.3 is 0 Å². The van der Waals surface area contributed by atoms with Crippen molar-refractivity contribution in [3.8, 4) is 0 Å². The van der Waals surface area contributed by atoms with E-state index in [1.165, 1.54) is 50.7 Å². The third-order valence-corrected chi connectivity index (χ3v) is 6.78. The van der Waals surface area contributed by atoms with Gasteiger partial charge in [-0.1, -0.05) is 25.8 Å². The van der Waals surface area contributed by atoms with Crippen LogP contribution in [-0.4, -0.2) is 6.17 Å². The highest BCUT2D eigenvalue weighted by atomic mass is 19.2. The number of rotatable bonds is 5. The summed E-state index contributed by atoms with van der Waals surface area (Å²) >= 11 is 0. The van der Waals surface area contributed by atoms with E-state index in [2.05, 4.69) is 0 Å². The van der Waals surface area contributed by atoms with E-state index in [4.69, 9.17) is 0 Å². The van der Waals surface area contributed by atoms with Crippen molar-refractivity contribution in [2.75, 3.05) is 0 Å². The summed E-state index contributed by atoms with van der Waals surface area (Å²) in [4.78, 5) is 0. The minimum Gasteiger partial charge on any atom is -0.247 e. The van der Waals surface area contributed by atoms with E-state index in [1.807, 2.05) is 6.92 Å². The van der Waals surface area contributed by atoms with Gasteiger partial charge in [-0.15, -0.1) is 0 Å². The average molecular weight is 352 g/mol. The van der Waals surface area contributed by atoms with Gasteiger partial charge in [0.15, 0.2) is 11.6 Å². The van der Waals surface area contributed by atoms with Gasteiger partial charge in [0.05, 0.1) is 0 Å². The summed E-state index contributed by atoms with van der Waals surface area (Å²) in [5.41, 5.74) is 0.953. The van der Waals surface area contributed by atoms with Crippen molar-refractivity contribution >= 4 is 0 Å². The predicted molar refractivity (Wildman–Crippen MR) is 96.3 cm³/mol. The Balaban J connectivity index is 1.46. The van der Waals surface area contributed by atoms with Crippen molar-refractivity contribution in [2.24, 2.45) is 17.8 Å². The largest absolute Gasteiger partial charge is 0.247 e. The monoisotopic (exact) mass is 352 g/mol. The summed E-state index contributed by atoms with van der Waals surface area (Å²) in [6.07, 6.45) is 10.2. The molecule has 0 bridgehead atoms. The van der Waals surface area contributed by atoms with Crippen LogP contribution in [0.15, 0.2) is 18.2 Å². The molecular formula is C22H31F3. The highest BCUT2D eigenvalue weighted by Gasteiger charge is 2.32. The fraction of sp³-hybridized carbons (Fsp3) is 0.727. The second-order valence-corrected chi connectivity index (χ2v) is 8.31. The molecular weight excluding hydrogens is 321 g/mol. The first kappa shape index (κ1) is 18.8. The van der Waals surface area contributed by atoms with Gasteiger partial charge < -0.3 is 0 Å². The molecule has 2 aliphatic carbocycles. The van der Waals surface area contributed by atoms with Gasteiger partial charge in [0.1, 0.15) is 6.17 Å². The van der Waals surface area contributed by atoms with Crippen LogP contribution in [0, 0.1) is 29.4 Å². The molecule has 0 radical (unpaired) electrons. The van der Waals surface area contributed by atoms with Gasteiger partial charge in [-0.05, 0) is 92.7 Å². The molecule has 2 aliphatic rings. The minimum absolute atomic E-state index is 0.375. The molecule has 0 N–H and O–H groups in total. The zero-order valence-corrected chi connectivity index (χ0v) is 15.3. The van der Waals surface area contributed by atoms with Crippen molar-refractivity contribution in [3.05, 3.63) is 35.4 Å². The summed E-state index contributed by atoms with van der Waals surface area (Å²) < 4.78 is 40.1. The van der Waals surface area contributed by atoms with Gasteiger partial charge in [0, 0.05) is 0 Å². The fourth-order valence-electron chi connectivity index (χ4n) is 5.11. The maximum absolute atomic E-state index is 13.6. The van der Waals surface area contributed by atoms with Crippen molar-refractivity contribution in [3.63, 3.8) is 0 Å². The summed E-state index contributed by atoms with van der Waals surface area (Å²) in [5, 5.41) is 0. The van der Waals surface area contributed by atoms with Gasteiger partial charge in [0.25, 0.3) is 0 Å². The van der Waals surface area contributed by atoms with E-state index in [9.17, 15) is 13.2 Å². The van der Waals surface area contributed by atoms with Gasteiger partial charge in [-0.25, -0.2) is 13.2 Å². The summed E-state index contributed by atoms with van der Waals surface area (Å²) in [6, 6.07) is 4.38. The molecule has 0 aliphatic heterocycles. The first-order valence-electron chi connectivity index (χ1n) is 10.2. The van der Waals surface area contributed by atoms with E-state index < -0.39 is 17.8 Å². The summed E-state index contributed by atoms with van der Waals surface area (Å²) in [7, 11) is 0. The Bertz CT molecular complexity index is 540. The number of halogens is 3. The van der Waals surface area contributed by atoms with E-state index in [0.717, 1.165) is 36.7 Å². The molecule has 0 saturated heterocycles. The summed E-state index contributed by atoms with van der Waals surface area (Å²) in [6.45, 7) is 1.93. The van der Waals surface area contributed by atoms with Crippen molar-refractivity contribution < 1.29 is 13.2 Å². The molecule has 2 saturated carbocycles. The second kappa shape index (κ2) is 8.60. The van der Waals surface area contributed by atoms with Gasteiger partial charge in [-0.2, -0.15) is 0 Å². The summed E-state index contributed by atoms with van der Waals surface area (Å²) in [5.74, 6) is 1.05. The molecule has 0 aromatic heterocycles. The Kier molecular flexibility index (Phi) is 6.46. The van der Waals surface area contributed by atoms with Crippen LogP contribution in [0.3, 0.4) is 0 Å². The Hall–Kier alpha value is -0.990. The number of alkyl halides is 1. The predicted octanol–water partition coefficient (Wildman–Crippen LogP) is 7.18. The highest BCUT2D eigenvalue weighted by molar-refractivity contribution is 5.22. The molecule has 140 valence electrons. The maximum atomic E-state index is 13.6. The molecule has 0 spiro atoms. The Morgan fingerprint density at radius 2 is 1.48 bits per heavy atom. The Morgan fingerprint density at radius 1 is 0.880 bits per heavy atom. The van der Waals surface area contributed by atoms with E-state index in [1.54, 1.807) is 6.07 Å². The van der Waals surface area contributed by atoms with Crippen molar-refractivity contribution in [2.45, 2.75) is 83.2 Å². The van der Waals surface area contributed by atoms with Crippen LogP contribution < -0.4 is 0 Å². The van der Waals surface area contributed by atoms with Crippen LogP contribution in [0.5, 0.6) is 0 Å². The van der Waals surface area contributed by atoms with Crippen LogP contribution >= 0.6 is 0 Å². The molecule has 1 unspecified atom stereocenters. The molecule has 1 aromatic carbocycles. The molecule has 0 heterocycles. The molecule has 3 rings (SSSR count). The topological polar surface area (TPSA) is 0 Å². The van der Waals surface area contributed by atoms with Crippen LogP contribution in [0.4, 0.5) is 13.2 Å². The zero-order valence-electron chi connectivity index (χ0n) is 15.3. The normalized spacial score (nSPS) is 31.7. The quantitative estimate of drug-likeness (QED) is 0.526. The number of hydrogen-bond acceptors (Lipinski definition) is 0. The Morgan fingerprint density at radius 3 is 2.04 bits per heavy atom. The highest BCUT2D eigenvalue weighted by Crippen LogP contribution is 2.44. The first-order valence-corrected chi connectivity index (χ1v) is 10.2. The SMILES string of the molecule is CCC(F)CC1CCC(C2CCC(c3ccc(F)c(F)c3)CC2)CC1. The molecule has 2 fully saturated rings. The van der Waals surface area contributed by atoms with E-state index in [0.29, 0.717) is 18.3 Å². The molecule has 3 heteroatoms. The third kappa shape index (κ3) is 4.80. The lowest BCUT2D eigenvalue weighted by molar-refractivity contribution is 0.140. The lowest BCUT2D eigenvalue weighted by Gasteiger charge is -2.38. The van der Waals surface area contributed by atoms with Gasteiger partial charge in [0.2, 0.25) is 0 Å². The van der Waals surface area contributed by atoms with Crippen molar-refractivity contribution in [1.82, 2.24) is 0 Å². The minimum atomic E-state index is -0.757. The molecule has 1 aromatic rings. The lowest BCUT2D eigenvalue weighted by atomic mass is 9.68. The number of hydrogen-bond donors (Lipinski definition) is 0. The van der Waals surface area contributed by atoms with Crippen molar-refractivity contribution in [1.29, 1.82) is 0 Å². The van der Waals surface area contributed by atoms with Gasteiger partial charge in [-0.3, -0.25) is 0 Å². The molecule has 25 heavy (non-hydrogen) atoms. The van der Waals surface area contributed by atoms with Crippen LogP contribution in [0.25, 0.3) is 0 Å². The number of benzene rings is 1. The standard InChI is InChI=1S/C22H31F3/c1-2-20(23)13-15-3-5-16(6-4-15)17-7-9-18(10-8-17)19-11-12-21(24)22(25)14-19/h11-12,14-18,20H,2-10,13H2,1H3. The first-order chi connectivity index (χ1) is 12.1. The molecule has 0 nitrogen and oxygen atoms in total. The van der Waals surface area contributed by atoms with E-state index in [-0.39, 0.29) is 0 Å². The van der Waals surface area contributed by atoms with E-state index >= 15 is 0 Å². The smallest absolute Gasteiger partial charge is 0.159 e. The Labute approximate surface area is 150 Å². The fourth-order valence-corrected chi connectivity index (χ4v) is 5.11. The van der Waals surface area contributed by atoms with Crippen LogP contribution in [0.2, 0.25) is 0 Å². The van der Waals surface area contributed by atoms with Crippen LogP contribution in [-0.2, 0) is 0 Å².